The van der Waals surface area contributed by atoms with E-state index in [-0.39, 0.29) is 17.7 Å². The van der Waals surface area contributed by atoms with Gasteiger partial charge < -0.3 is 14.2 Å². The van der Waals surface area contributed by atoms with Crippen LogP contribution in [0.3, 0.4) is 0 Å². The molecule has 194 valence electrons. The number of hydrogen-bond acceptors (Lipinski definition) is 8. The number of nitrogens with one attached hydrogen (secondary N) is 2. The summed E-state index contributed by atoms with van der Waals surface area (Å²) >= 11 is 6.35. The van der Waals surface area contributed by atoms with Crippen LogP contribution in [0.25, 0.3) is 34.1 Å². The lowest BCUT2D eigenvalue weighted by atomic mass is 9.83. The molecule has 4 aromatic heterocycles. The van der Waals surface area contributed by atoms with Crippen molar-refractivity contribution in [2.24, 2.45) is 11.8 Å². The summed E-state index contributed by atoms with van der Waals surface area (Å²) < 4.78 is 8.00. The average molecular weight is 524 g/mol. The molecular weight excluding hydrogens is 494 g/mol. The first-order chi connectivity index (χ1) is 18.0. The molecule has 0 spiro atoms. The van der Waals surface area contributed by atoms with Gasteiger partial charge in [-0.05, 0) is 37.7 Å². The molecule has 4 aromatic rings. The van der Waals surface area contributed by atoms with Gasteiger partial charge in [-0.15, -0.1) is 5.10 Å². The number of fused-ring (bicyclic) bond motifs is 1. The third kappa shape index (κ3) is 4.73. The number of ether oxygens (including phenoxy) is 1. The van der Waals surface area contributed by atoms with Crippen LogP contribution in [0, 0.1) is 11.8 Å². The molecule has 37 heavy (non-hydrogen) atoms. The maximum absolute atomic E-state index is 11.8. The summed E-state index contributed by atoms with van der Waals surface area (Å²) in [5, 5.41) is 6.96. The van der Waals surface area contributed by atoms with Crippen LogP contribution in [0.15, 0.2) is 23.3 Å². The van der Waals surface area contributed by atoms with Crippen molar-refractivity contribution in [3.63, 3.8) is 0 Å². The van der Waals surface area contributed by atoms with Crippen molar-refractivity contribution in [1.82, 2.24) is 39.7 Å². The number of imidazole rings is 1. The van der Waals surface area contributed by atoms with Gasteiger partial charge in [-0.3, -0.25) is 9.97 Å². The SMILES string of the molecule is CC1CCC(Cn2c(N3CCOC[C@H]3C)nc3nc(-c4n[nH]c(=O)[nH]4)nc(-c4cncc(Cl)c4)c32)CC1. The lowest BCUT2D eigenvalue weighted by Crippen LogP contribution is -2.45. The van der Waals surface area contributed by atoms with Gasteiger partial charge in [0.05, 0.1) is 24.3 Å². The Morgan fingerprint density at radius 3 is 2.70 bits per heavy atom. The number of nitrogens with zero attached hydrogens (tertiary/aromatic N) is 7. The van der Waals surface area contributed by atoms with E-state index >= 15 is 0 Å². The van der Waals surface area contributed by atoms with E-state index in [2.05, 4.69) is 43.5 Å². The van der Waals surface area contributed by atoms with Crippen molar-refractivity contribution >= 4 is 28.7 Å². The predicted octanol–water partition coefficient (Wildman–Crippen LogP) is 3.67. The highest BCUT2D eigenvalue weighted by Gasteiger charge is 2.30. The predicted molar refractivity (Wildman–Crippen MR) is 141 cm³/mol. The molecule has 1 atom stereocenters. The van der Waals surface area contributed by atoms with E-state index in [9.17, 15) is 4.79 Å². The Kier molecular flexibility index (Phi) is 6.41. The summed E-state index contributed by atoms with van der Waals surface area (Å²) in [5.41, 5.74) is 2.35. The van der Waals surface area contributed by atoms with Gasteiger partial charge in [0.2, 0.25) is 5.95 Å². The number of aromatic nitrogens is 8. The number of aromatic amines is 2. The fourth-order valence-corrected chi connectivity index (χ4v) is 5.61. The number of morpholine rings is 1. The fourth-order valence-electron chi connectivity index (χ4n) is 5.44. The van der Waals surface area contributed by atoms with Crippen LogP contribution in [0.4, 0.5) is 5.95 Å². The van der Waals surface area contributed by atoms with Crippen LogP contribution < -0.4 is 10.6 Å². The quantitative estimate of drug-likeness (QED) is 0.405. The van der Waals surface area contributed by atoms with Crippen molar-refractivity contribution in [2.45, 2.75) is 52.1 Å². The minimum atomic E-state index is -0.426. The Hall–Kier alpha value is -3.31. The topological polar surface area (TPSA) is 130 Å². The average Bonchev–Trinajstić information content (AvgIpc) is 3.49. The Balaban J connectivity index is 1.58. The van der Waals surface area contributed by atoms with E-state index in [1.54, 1.807) is 12.4 Å². The Morgan fingerprint density at radius 1 is 1.14 bits per heavy atom. The van der Waals surface area contributed by atoms with Gasteiger partial charge in [0.1, 0.15) is 11.2 Å². The van der Waals surface area contributed by atoms with E-state index in [0.29, 0.717) is 35.5 Å². The second-order valence-corrected chi connectivity index (χ2v) is 10.7. The summed E-state index contributed by atoms with van der Waals surface area (Å²) in [7, 11) is 0. The van der Waals surface area contributed by atoms with Gasteiger partial charge in [0.15, 0.2) is 17.3 Å². The standard InChI is InChI=1S/C25H30ClN9O2/c1-14-3-5-16(6-4-14)12-35-20-19(17-9-18(26)11-27-10-17)28-22(23-30-24(36)33-32-23)29-21(20)31-25(35)34-7-8-37-13-15(34)2/h9-11,14-16H,3-8,12-13H2,1-2H3,(H2,30,32,33,36)/t14?,15-,16?/m1/s1. The molecule has 11 nitrogen and oxygen atoms in total. The molecule has 1 aliphatic heterocycles. The maximum Gasteiger partial charge on any atom is 0.341 e. The van der Waals surface area contributed by atoms with Crippen LogP contribution >= 0.6 is 11.6 Å². The number of H-pyrrole nitrogens is 2. The number of anilines is 1. The van der Waals surface area contributed by atoms with Crippen LogP contribution in [0.5, 0.6) is 0 Å². The third-order valence-corrected chi connectivity index (χ3v) is 7.68. The molecule has 1 saturated heterocycles. The first-order valence-corrected chi connectivity index (χ1v) is 13.2. The van der Waals surface area contributed by atoms with E-state index in [1.807, 2.05) is 6.07 Å². The normalized spacial score (nSPS) is 22.6. The van der Waals surface area contributed by atoms with E-state index in [0.717, 1.165) is 36.0 Å². The van der Waals surface area contributed by atoms with Gasteiger partial charge in [0.25, 0.3) is 0 Å². The van der Waals surface area contributed by atoms with E-state index in [4.69, 9.17) is 31.3 Å². The smallest absolute Gasteiger partial charge is 0.341 e. The molecular formula is C25H30ClN9O2. The van der Waals surface area contributed by atoms with Crippen LogP contribution in [0.1, 0.15) is 39.5 Å². The van der Waals surface area contributed by atoms with Gasteiger partial charge in [-0.2, -0.15) is 4.98 Å². The third-order valence-electron chi connectivity index (χ3n) is 7.47. The Morgan fingerprint density at radius 2 is 1.97 bits per heavy atom. The molecule has 2 N–H and O–H groups in total. The van der Waals surface area contributed by atoms with Crippen LogP contribution in [0.2, 0.25) is 5.02 Å². The van der Waals surface area contributed by atoms with Crippen molar-refractivity contribution < 1.29 is 4.74 Å². The number of halogens is 1. The molecule has 1 saturated carbocycles. The highest BCUT2D eigenvalue weighted by atomic mass is 35.5. The minimum absolute atomic E-state index is 0.169. The molecule has 0 amide bonds. The second kappa shape index (κ2) is 9.86. The zero-order chi connectivity index (χ0) is 25.5. The van der Waals surface area contributed by atoms with Crippen molar-refractivity contribution in [3.05, 3.63) is 34.0 Å². The highest BCUT2D eigenvalue weighted by molar-refractivity contribution is 6.30. The molecule has 0 unspecified atom stereocenters. The van der Waals surface area contributed by atoms with Crippen LogP contribution in [-0.4, -0.2) is 65.5 Å². The molecule has 0 bridgehead atoms. The Bertz CT molecular complexity index is 1470. The van der Waals surface area contributed by atoms with Gasteiger partial charge in [-0.25, -0.2) is 19.9 Å². The van der Waals surface area contributed by atoms with E-state index < -0.39 is 5.69 Å². The van der Waals surface area contributed by atoms with Crippen molar-refractivity contribution in [3.8, 4) is 22.9 Å². The highest BCUT2D eigenvalue weighted by Crippen LogP contribution is 2.36. The monoisotopic (exact) mass is 523 g/mol. The second-order valence-electron chi connectivity index (χ2n) is 10.3. The lowest BCUT2D eigenvalue weighted by molar-refractivity contribution is 0.0976. The van der Waals surface area contributed by atoms with Gasteiger partial charge in [0, 0.05) is 31.0 Å². The molecule has 12 heteroatoms. The van der Waals surface area contributed by atoms with Crippen LogP contribution in [-0.2, 0) is 11.3 Å². The summed E-state index contributed by atoms with van der Waals surface area (Å²) in [5.74, 6) is 2.70. The molecule has 1 aliphatic carbocycles. The van der Waals surface area contributed by atoms with Gasteiger partial charge in [-0.1, -0.05) is 31.4 Å². The summed E-state index contributed by atoms with van der Waals surface area (Å²) in [6, 6.07) is 2.01. The first-order valence-electron chi connectivity index (χ1n) is 12.8. The van der Waals surface area contributed by atoms with Crippen molar-refractivity contribution in [2.75, 3.05) is 24.7 Å². The lowest BCUT2D eigenvalue weighted by Gasteiger charge is -2.35. The number of rotatable bonds is 5. The number of hydrogen-bond donors (Lipinski definition) is 2. The number of pyridine rings is 1. The Labute approximate surface area is 218 Å². The zero-order valence-corrected chi connectivity index (χ0v) is 21.7. The summed E-state index contributed by atoms with van der Waals surface area (Å²) in [4.78, 5) is 35.7. The molecule has 2 fully saturated rings. The van der Waals surface area contributed by atoms with E-state index in [1.165, 1.54) is 25.7 Å². The van der Waals surface area contributed by atoms with Crippen molar-refractivity contribution in [1.29, 1.82) is 0 Å². The zero-order valence-electron chi connectivity index (χ0n) is 20.9. The summed E-state index contributed by atoms with van der Waals surface area (Å²) in [6.45, 7) is 7.34. The van der Waals surface area contributed by atoms with Gasteiger partial charge >= 0.3 is 5.69 Å². The largest absolute Gasteiger partial charge is 0.377 e. The molecule has 2 aliphatic rings. The molecule has 0 aromatic carbocycles. The molecule has 5 heterocycles. The first kappa shape index (κ1) is 24.1. The summed E-state index contributed by atoms with van der Waals surface area (Å²) in [6.07, 6.45) is 8.16. The fraction of sp³-hybridized carbons (Fsp3) is 0.520. The maximum atomic E-state index is 11.8. The molecule has 6 rings (SSSR count). The molecule has 0 radical (unpaired) electrons. The minimum Gasteiger partial charge on any atom is -0.377 e.